The van der Waals surface area contributed by atoms with Gasteiger partial charge < -0.3 is 9.71 Å². The number of fused-ring (bicyclic) bond motifs is 10. The minimum Gasteiger partial charge on any atom is -0.376 e. The highest BCUT2D eigenvalue weighted by Gasteiger charge is 2.47. The number of anilines is 5. The van der Waals surface area contributed by atoms with Crippen LogP contribution in [0.15, 0.2) is 169 Å². The molecule has 0 spiro atoms. The van der Waals surface area contributed by atoms with Crippen LogP contribution in [0.5, 0.6) is 0 Å². The topological polar surface area (TPSA) is 6.48 Å². The van der Waals surface area contributed by atoms with Crippen LogP contribution in [-0.2, 0) is 0 Å². The van der Waals surface area contributed by atoms with Gasteiger partial charge in [0.25, 0.3) is 0 Å². The van der Waals surface area contributed by atoms with E-state index in [9.17, 15) is 0 Å². The molecule has 0 unspecified atom stereocenters. The van der Waals surface area contributed by atoms with E-state index in [4.69, 9.17) is 0 Å². The summed E-state index contributed by atoms with van der Waals surface area (Å²) in [5.41, 5.74) is 11.7. The summed E-state index contributed by atoms with van der Waals surface area (Å²) in [5.74, 6) is 0. The van der Waals surface area contributed by atoms with Crippen molar-refractivity contribution in [3.8, 4) is 11.1 Å². The number of nitrogens with zero attached hydrogens (tertiary/aromatic N) is 2. The zero-order chi connectivity index (χ0) is 29.9. The van der Waals surface area contributed by atoms with Gasteiger partial charge in [0.05, 0.1) is 17.1 Å². The number of rotatable bonds is 1. The van der Waals surface area contributed by atoms with Gasteiger partial charge in [-0.25, -0.2) is 0 Å². The van der Waals surface area contributed by atoms with E-state index >= 15 is 0 Å². The van der Waals surface area contributed by atoms with Crippen molar-refractivity contribution in [3.63, 3.8) is 0 Å². The van der Waals surface area contributed by atoms with Crippen molar-refractivity contribution >= 4 is 92.3 Å². The Kier molecular flexibility index (Phi) is 5.31. The normalized spacial score (nSPS) is 14.6. The predicted molar refractivity (Wildman–Crippen MR) is 196 cm³/mol. The van der Waals surface area contributed by atoms with Crippen LogP contribution in [0, 0.1) is 0 Å². The summed E-state index contributed by atoms with van der Waals surface area (Å²) in [5, 5.41) is 2.57. The molecule has 0 N–H and O–H groups in total. The van der Waals surface area contributed by atoms with E-state index in [1.54, 1.807) is 0 Å². The van der Waals surface area contributed by atoms with Crippen molar-refractivity contribution in [2.45, 2.75) is 29.4 Å². The van der Waals surface area contributed by atoms with Gasteiger partial charge in [-0.1, -0.05) is 114 Å². The standard InChI is InChI=1S/C40H23BN2S3/c1-2-12-25(13-3-1)43-31-23-37-36(45-33-18-8-9-19-34(33)46-37)22-27(31)28-21-24-11-4-5-14-26(24)39-38(28)41(43)29-15-10-20-35-40(29)42(39)30-16-6-7-17-32(30)44-35/h1-23H. The van der Waals surface area contributed by atoms with Gasteiger partial charge in [-0.15, -0.1) is 0 Å². The van der Waals surface area contributed by atoms with Crippen LogP contribution in [0.25, 0.3) is 21.9 Å². The highest BCUT2D eigenvalue weighted by Crippen LogP contribution is 2.57. The molecule has 0 saturated heterocycles. The van der Waals surface area contributed by atoms with Gasteiger partial charge in [0.1, 0.15) is 0 Å². The molecule has 7 aromatic carbocycles. The smallest absolute Gasteiger partial charge is 0.333 e. The van der Waals surface area contributed by atoms with Crippen LogP contribution in [0.3, 0.4) is 0 Å². The molecule has 46 heavy (non-hydrogen) atoms. The Morgan fingerprint density at radius 3 is 1.98 bits per heavy atom. The van der Waals surface area contributed by atoms with Crippen molar-refractivity contribution < 1.29 is 0 Å². The lowest BCUT2D eigenvalue weighted by molar-refractivity contribution is 1.14. The molecule has 6 heteroatoms. The van der Waals surface area contributed by atoms with Gasteiger partial charge in [0.2, 0.25) is 0 Å². The van der Waals surface area contributed by atoms with E-state index in [0.717, 1.165) is 0 Å². The van der Waals surface area contributed by atoms with Crippen molar-refractivity contribution in [3.05, 3.63) is 140 Å². The summed E-state index contributed by atoms with van der Waals surface area (Å²) in [7, 11) is 0. The SMILES string of the molecule is c1ccc(N2B3c4cccc5c4N(c4ccccc4S5)c4c3c(cc3ccccc43)-c3cc4c(cc32)Sc2ccccc2S4)cc1. The summed E-state index contributed by atoms with van der Waals surface area (Å²) in [6.45, 7) is 0.0214. The second-order valence-corrected chi connectivity index (χ2v) is 15.3. The van der Waals surface area contributed by atoms with E-state index in [1.807, 2.05) is 35.3 Å². The van der Waals surface area contributed by atoms with Crippen molar-refractivity contribution in [1.29, 1.82) is 0 Å². The highest BCUT2D eigenvalue weighted by molar-refractivity contribution is 8.05. The maximum atomic E-state index is 2.63. The summed E-state index contributed by atoms with van der Waals surface area (Å²) in [6, 6.07) is 52.0. The Hall–Kier alpha value is -4.49. The van der Waals surface area contributed by atoms with Crippen molar-refractivity contribution in [1.82, 2.24) is 0 Å². The van der Waals surface area contributed by atoms with Gasteiger partial charge in [-0.05, 0) is 82.5 Å². The summed E-state index contributed by atoms with van der Waals surface area (Å²) in [4.78, 5) is 13.1. The van der Waals surface area contributed by atoms with Crippen LogP contribution in [0.2, 0.25) is 0 Å². The maximum Gasteiger partial charge on any atom is 0.333 e. The molecule has 4 heterocycles. The molecule has 0 radical (unpaired) electrons. The minimum absolute atomic E-state index is 0.0214. The maximum absolute atomic E-state index is 2.63. The molecule has 0 saturated carbocycles. The molecular weight excluding hydrogens is 615 g/mol. The monoisotopic (exact) mass is 638 g/mol. The van der Waals surface area contributed by atoms with Crippen molar-refractivity contribution in [2.75, 3.05) is 9.71 Å². The first-order chi connectivity index (χ1) is 22.8. The second kappa shape index (κ2) is 9.52. The third-order valence-corrected chi connectivity index (χ3v) is 13.3. The van der Waals surface area contributed by atoms with Crippen LogP contribution >= 0.6 is 35.3 Å². The zero-order valence-electron chi connectivity index (χ0n) is 24.5. The molecule has 0 aliphatic carbocycles. The molecule has 4 aliphatic rings. The fourth-order valence-electron chi connectivity index (χ4n) is 7.78. The molecule has 2 nitrogen and oxygen atoms in total. The Bertz CT molecular complexity index is 2440. The fraction of sp³-hybridized carbons (Fsp3) is 0. The summed E-state index contributed by atoms with van der Waals surface area (Å²) >= 11 is 5.69. The zero-order valence-corrected chi connectivity index (χ0v) is 26.9. The molecule has 214 valence electrons. The van der Waals surface area contributed by atoms with E-state index in [1.165, 1.54) is 90.6 Å². The Morgan fingerprint density at radius 1 is 0.457 bits per heavy atom. The molecule has 0 aromatic heterocycles. The molecule has 11 rings (SSSR count). The molecular formula is C40H23BN2S3. The lowest BCUT2D eigenvalue weighted by Crippen LogP contribution is -2.62. The minimum atomic E-state index is 0.0214. The van der Waals surface area contributed by atoms with Crippen LogP contribution in [0.4, 0.5) is 28.4 Å². The predicted octanol–water partition coefficient (Wildman–Crippen LogP) is 10.6. The molecule has 4 aliphatic heterocycles. The van der Waals surface area contributed by atoms with Crippen molar-refractivity contribution in [2.24, 2.45) is 0 Å². The number of hydrogen-bond acceptors (Lipinski definition) is 5. The number of benzene rings is 7. The third-order valence-electron chi connectivity index (χ3n) is 9.63. The van der Waals surface area contributed by atoms with Gasteiger partial charge in [0, 0.05) is 51.7 Å². The van der Waals surface area contributed by atoms with E-state index in [-0.39, 0.29) is 6.85 Å². The molecule has 0 atom stereocenters. The first-order valence-electron chi connectivity index (χ1n) is 15.5. The van der Waals surface area contributed by atoms with Gasteiger partial charge >= 0.3 is 6.85 Å². The Labute approximate surface area is 280 Å². The van der Waals surface area contributed by atoms with Gasteiger partial charge in [-0.3, -0.25) is 0 Å². The van der Waals surface area contributed by atoms with E-state index in [0.29, 0.717) is 0 Å². The van der Waals surface area contributed by atoms with E-state index in [2.05, 4.69) is 149 Å². The molecule has 0 amide bonds. The first kappa shape index (κ1) is 25.7. The Balaban J connectivity index is 1.29. The highest BCUT2D eigenvalue weighted by atomic mass is 32.2. The third kappa shape index (κ3) is 3.44. The van der Waals surface area contributed by atoms with Crippen LogP contribution < -0.4 is 20.6 Å². The molecule has 0 fully saturated rings. The lowest BCUT2D eigenvalue weighted by Gasteiger charge is -2.48. The number of hydrogen-bond donors (Lipinski definition) is 0. The van der Waals surface area contributed by atoms with E-state index < -0.39 is 0 Å². The van der Waals surface area contributed by atoms with Gasteiger partial charge in [0.15, 0.2) is 0 Å². The molecule has 0 bridgehead atoms. The Morgan fingerprint density at radius 2 is 1.13 bits per heavy atom. The molecule has 7 aromatic rings. The fourth-order valence-corrected chi connectivity index (χ4v) is 11.2. The van der Waals surface area contributed by atoms with Crippen LogP contribution in [-0.4, -0.2) is 6.85 Å². The number of para-hydroxylation sites is 3. The summed E-state index contributed by atoms with van der Waals surface area (Å²) in [6.07, 6.45) is 0. The lowest BCUT2D eigenvalue weighted by atomic mass is 9.43. The second-order valence-electron chi connectivity index (χ2n) is 12.1. The van der Waals surface area contributed by atoms with Gasteiger partial charge in [-0.2, -0.15) is 0 Å². The largest absolute Gasteiger partial charge is 0.376 e. The average molecular weight is 639 g/mol. The van der Waals surface area contributed by atoms with Crippen LogP contribution in [0.1, 0.15) is 0 Å². The summed E-state index contributed by atoms with van der Waals surface area (Å²) < 4.78 is 0. The first-order valence-corrected chi connectivity index (χ1v) is 18.0. The quantitative estimate of drug-likeness (QED) is 0.165. The average Bonchev–Trinajstić information content (AvgIpc) is 3.11.